The largest absolute Gasteiger partial charge is 0.485 e. The zero-order valence-corrected chi connectivity index (χ0v) is 9.27. The molecule has 0 spiro atoms. The van der Waals surface area contributed by atoms with Crippen LogP contribution in [0.4, 0.5) is 5.69 Å². The molecule has 0 aromatic heterocycles. The van der Waals surface area contributed by atoms with Gasteiger partial charge in [-0.2, -0.15) is 0 Å². The van der Waals surface area contributed by atoms with Gasteiger partial charge in [-0.3, -0.25) is 0 Å². The van der Waals surface area contributed by atoms with Crippen molar-refractivity contribution in [2.45, 2.75) is 13.0 Å². The molecule has 0 heterocycles. The van der Waals surface area contributed by atoms with Crippen molar-refractivity contribution < 1.29 is 19.4 Å². The second-order valence-corrected chi connectivity index (χ2v) is 3.41. The predicted octanol–water partition coefficient (Wildman–Crippen LogP) is 1.38. The molecule has 0 saturated carbocycles. The third kappa shape index (κ3) is 2.87. The molecule has 5 nitrogen and oxygen atoms in total. The van der Waals surface area contributed by atoms with Gasteiger partial charge < -0.3 is 20.3 Å². The van der Waals surface area contributed by atoms with Crippen molar-refractivity contribution in [3.05, 3.63) is 23.8 Å². The van der Waals surface area contributed by atoms with E-state index in [1.54, 1.807) is 26.2 Å². The van der Waals surface area contributed by atoms with Gasteiger partial charge >= 0.3 is 5.97 Å². The van der Waals surface area contributed by atoms with Gasteiger partial charge in [0.25, 0.3) is 0 Å². The average molecular weight is 225 g/mol. The van der Waals surface area contributed by atoms with Crippen LogP contribution in [0.25, 0.3) is 0 Å². The number of aromatic carboxylic acids is 1. The van der Waals surface area contributed by atoms with Gasteiger partial charge in [0, 0.05) is 7.11 Å². The quantitative estimate of drug-likeness (QED) is 0.740. The van der Waals surface area contributed by atoms with Gasteiger partial charge in [0.05, 0.1) is 12.3 Å². The van der Waals surface area contributed by atoms with E-state index >= 15 is 0 Å². The van der Waals surface area contributed by atoms with Gasteiger partial charge in [-0.05, 0) is 19.1 Å². The Bertz CT molecular complexity index is 378. The lowest BCUT2D eigenvalue weighted by Crippen LogP contribution is -2.20. The second kappa shape index (κ2) is 5.37. The molecule has 0 aliphatic rings. The maximum Gasteiger partial charge on any atom is 0.339 e. The summed E-state index contributed by atoms with van der Waals surface area (Å²) in [5, 5.41) is 8.97. The van der Waals surface area contributed by atoms with E-state index in [9.17, 15) is 4.79 Å². The minimum Gasteiger partial charge on any atom is -0.485 e. The van der Waals surface area contributed by atoms with Gasteiger partial charge in [-0.15, -0.1) is 0 Å². The third-order valence-corrected chi connectivity index (χ3v) is 2.00. The number of carbonyl (C=O) groups is 1. The predicted molar refractivity (Wildman–Crippen MR) is 59.8 cm³/mol. The Morgan fingerprint density at radius 2 is 2.25 bits per heavy atom. The lowest BCUT2D eigenvalue weighted by molar-refractivity contribution is 0.0674. The highest BCUT2D eigenvalue weighted by Crippen LogP contribution is 2.27. The van der Waals surface area contributed by atoms with E-state index < -0.39 is 5.97 Å². The molecule has 0 bridgehead atoms. The molecule has 0 saturated heterocycles. The van der Waals surface area contributed by atoms with Crippen molar-refractivity contribution in [1.82, 2.24) is 0 Å². The van der Waals surface area contributed by atoms with Crippen LogP contribution in [0, 0.1) is 0 Å². The summed E-state index contributed by atoms with van der Waals surface area (Å²) in [5.41, 5.74) is 6.04. The van der Waals surface area contributed by atoms with Crippen molar-refractivity contribution in [2.24, 2.45) is 0 Å². The van der Waals surface area contributed by atoms with E-state index in [2.05, 4.69) is 0 Å². The van der Waals surface area contributed by atoms with Crippen LogP contribution in [0.15, 0.2) is 18.2 Å². The van der Waals surface area contributed by atoms with Gasteiger partial charge in [-0.25, -0.2) is 4.79 Å². The first-order valence-electron chi connectivity index (χ1n) is 4.83. The molecule has 0 radical (unpaired) electrons. The maximum atomic E-state index is 10.9. The van der Waals surface area contributed by atoms with Crippen LogP contribution in [-0.2, 0) is 4.74 Å². The number of carboxylic acids is 1. The smallest absolute Gasteiger partial charge is 0.339 e. The average Bonchev–Trinajstić information content (AvgIpc) is 2.21. The number of hydrogen-bond acceptors (Lipinski definition) is 4. The highest BCUT2D eigenvalue weighted by atomic mass is 16.5. The molecule has 0 amide bonds. The minimum absolute atomic E-state index is 0.0583. The number of ether oxygens (including phenoxy) is 2. The monoisotopic (exact) mass is 225 g/mol. The first-order chi connectivity index (χ1) is 7.56. The SMILES string of the molecule is COCC(C)Oc1c(N)cccc1C(=O)O. The molecule has 3 N–H and O–H groups in total. The third-order valence-electron chi connectivity index (χ3n) is 2.00. The van der Waals surface area contributed by atoms with Crippen LogP contribution in [0.3, 0.4) is 0 Å². The molecule has 1 unspecified atom stereocenters. The fourth-order valence-electron chi connectivity index (χ4n) is 1.32. The Hall–Kier alpha value is -1.75. The second-order valence-electron chi connectivity index (χ2n) is 3.41. The van der Waals surface area contributed by atoms with Crippen LogP contribution >= 0.6 is 0 Å². The summed E-state index contributed by atoms with van der Waals surface area (Å²) in [6, 6.07) is 4.63. The lowest BCUT2D eigenvalue weighted by atomic mass is 10.1. The number of rotatable bonds is 5. The summed E-state index contributed by atoms with van der Waals surface area (Å²) < 4.78 is 10.3. The van der Waals surface area contributed by atoms with E-state index in [0.29, 0.717) is 12.3 Å². The zero-order valence-electron chi connectivity index (χ0n) is 9.27. The summed E-state index contributed by atoms with van der Waals surface area (Å²) in [4.78, 5) is 10.9. The van der Waals surface area contributed by atoms with Crippen LogP contribution in [0.5, 0.6) is 5.75 Å². The Balaban J connectivity index is 2.97. The molecular weight excluding hydrogens is 210 g/mol. The molecular formula is C11H15NO4. The first-order valence-corrected chi connectivity index (χ1v) is 4.83. The Morgan fingerprint density at radius 1 is 1.56 bits per heavy atom. The number of methoxy groups -OCH3 is 1. The number of para-hydroxylation sites is 1. The molecule has 0 aliphatic heterocycles. The first kappa shape index (κ1) is 12.3. The Labute approximate surface area is 93.8 Å². The zero-order chi connectivity index (χ0) is 12.1. The molecule has 1 rings (SSSR count). The van der Waals surface area contributed by atoms with E-state index in [0.717, 1.165) is 0 Å². The summed E-state index contributed by atoms with van der Waals surface area (Å²) in [6.45, 7) is 2.15. The van der Waals surface area contributed by atoms with Crippen LogP contribution in [0.2, 0.25) is 0 Å². The molecule has 0 aliphatic carbocycles. The number of benzene rings is 1. The van der Waals surface area contributed by atoms with Crippen molar-refractivity contribution in [2.75, 3.05) is 19.5 Å². The topological polar surface area (TPSA) is 81.8 Å². The van der Waals surface area contributed by atoms with Crippen LogP contribution in [-0.4, -0.2) is 30.9 Å². The molecule has 0 fully saturated rings. The molecule has 88 valence electrons. The van der Waals surface area contributed by atoms with Crippen LogP contribution < -0.4 is 10.5 Å². The highest BCUT2D eigenvalue weighted by Gasteiger charge is 2.16. The molecule has 16 heavy (non-hydrogen) atoms. The highest BCUT2D eigenvalue weighted by molar-refractivity contribution is 5.93. The van der Waals surface area contributed by atoms with Crippen LogP contribution in [0.1, 0.15) is 17.3 Å². The molecule has 5 heteroatoms. The summed E-state index contributed by atoms with van der Waals surface area (Å²) in [5.74, 6) is -0.869. The Morgan fingerprint density at radius 3 is 2.81 bits per heavy atom. The number of nitrogens with two attached hydrogens (primary N) is 1. The lowest BCUT2D eigenvalue weighted by Gasteiger charge is -2.16. The fraction of sp³-hybridized carbons (Fsp3) is 0.364. The number of nitrogen functional groups attached to an aromatic ring is 1. The van der Waals surface area contributed by atoms with Crippen molar-refractivity contribution in [3.63, 3.8) is 0 Å². The molecule has 1 aromatic carbocycles. The fourth-order valence-corrected chi connectivity index (χ4v) is 1.32. The maximum absolute atomic E-state index is 10.9. The standard InChI is InChI=1S/C11H15NO4/c1-7(6-15-2)16-10-8(11(13)14)4-3-5-9(10)12/h3-5,7H,6,12H2,1-2H3,(H,13,14). The van der Waals surface area contributed by atoms with Gasteiger partial charge in [-0.1, -0.05) is 6.07 Å². The van der Waals surface area contributed by atoms with E-state index in [1.165, 1.54) is 6.07 Å². The summed E-state index contributed by atoms with van der Waals surface area (Å²) in [6.07, 6.45) is -0.257. The number of hydrogen-bond donors (Lipinski definition) is 2. The van der Waals surface area contributed by atoms with E-state index in [-0.39, 0.29) is 17.4 Å². The van der Waals surface area contributed by atoms with Crippen molar-refractivity contribution in [1.29, 1.82) is 0 Å². The van der Waals surface area contributed by atoms with E-state index in [1.807, 2.05) is 0 Å². The minimum atomic E-state index is -1.06. The van der Waals surface area contributed by atoms with Crippen molar-refractivity contribution in [3.8, 4) is 5.75 Å². The summed E-state index contributed by atoms with van der Waals surface area (Å²) >= 11 is 0. The van der Waals surface area contributed by atoms with Gasteiger partial charge in [0.15, 0.2) is 5.75 Å². The normalized spacial score (nSPS) is 12.1. The number of carboxylic acid groups (broad SMARTS) is 1. The summed E-state index contributed by atoms with van der Waals surface area (Å²) in [7, 11) is 1.55. The van der Waals surface area contributed by atoms with E-state index in [4.69, 9.17) is 20.3 Å². The number of anilines is 1. The van der Waals surface area contributed by atoms with Gasteiger partial charge in [0.1, 0.15) is 11.7 Å². The molecule has 1 aromatic rings. The molecule has 1 atom stereocenters. The van der Waals surface area contributed by atoms with Gasteiger partial charge in [0.2, 0.25) is 0 Å². The Kier molecular flexibility index (Phi) is 4.13. The van der Waals surface area contributed by atoms with Crippen molar-refractivity contribution >= 4 is 11.7 Å².